The molecule has 1 atom stereocenters. The molecule has 6 heteroatoms. The van der Waals surface area contributed by atoms with Gasteiger partial charge >= 0.3 is 5.97 Å². The van der Waals surface area contributed by atoms with E-state index in [4.69, 9.17) is 5.26 Å². The maximum Gasteiger partial charge on any atom is 0.328 e. The van der Waals surface area contributed by atoms with E-state index in [1.54, 1.807) is 20.8 Å². The predicted octanol–water partition coefficient (Wildman–Crippen LogP) is 0.939. The molecule has 0 fully saturated rings. The predicted molar refractivity (Wildman–Crippen MR) is 61.3 cm³/mol. The Labute approximate surface area is 99.6 Å². The van der Waals surface area contributed by atoms with Crippen molar-refractivity contribution in [3.8, 4) is 6.07 Å². The molecule has 0 bridgehead atoms. The summed E-state index contributed by atoms with van der Waals surface area (Å²) in [6.07, 6.45) is 0. The van der Waals surface area contributed by atoms with E-state index in [-0.39, 0.29) is 0 Å². The minimum atomic E-state index is -0.580. The Balaban J connectivity index is 3.04. The second kappa shape index (κ2) is 5.25. The van der Waals surface area contributed by atoms with Crippen molar-refractivity contribution in [2.24, 2.45) is 0 Å². The maximum absolute atomic E-state index is 11.3. The number of carbonyl (C=O) groups excluding carboxylic acids is 1. The average Bonchev–Trinajstić information content (AvgIpc) is 2.33. The van der Waals surface area contributed by atoms with Crippen LogP contribution in [0, 0.1) is 25.2 Å². The van der Waals surface area contributed by atoms with Gasteiger partial charge in [-0.25, -0.2) is 4.79 Å². The molecule has 0 aliphatic rings. The first-order chi connectivity index (χ1) is 8.01. The zero-order valence-corrected chi connectivity index (χ0v) is 10.2. The Morgan fingerprint density at radius 1 is 1.47 bits per heavy atom. The van der Waals surface area contributed by atoms with Crippen LogP contribution in [0.4, 0.5) is 5.82 Å². The van der Waals surface area contributed by atoms with Crippen LogP contribution in [0.5, 0.6) is 0 Å². The van der Waals surface area contributed by atoms with Crippen molar-refractivity contribution in [3.05, 3.63) is 16.8 Å². The van der Waals surface area contributed by atoms with Gasteiger partial charge in [0.1, 0.15) is 17.7 Å². The van der Waals surface area contributed by atoms with Crippen LogP contribution in [-0.2, 0) is 9.53 Å². The molecule has 0 saturated heterocycles. The number of nitriles is 1. The second-order valence-electron chi connectivity index (χ2n) is 3.64. The van der Waals surface area contributed by atoms with E-state index in [0.717, 1.165) is 5.56 Å². The third-order valence-corrected chi connectivity index (χ3v) is 2.47. The molecule has 1 aromatic heterocycles. The average molecular weight is 234 g/mol. The standard InChI is InChI=1S/C11H14N4O2/c1-6-7(2)14-15-10(9(6)5-12)13-8(3)11(16)17-4/h8H,1-4H3,(H,13,15). The van der Waals surface area contributed by atoms with E-state index >= 15 is 0 Å². The first-order valence-electron chi connectivity index (χ1n) is 5.09. The number of ether oxygens (including phenoxy) is 1. The van der Waals surface area contributed by atoms with Crippen molar-refractivity contribution in [2.45, 2.75) is 26.8 Å². The molecule has 1 heterocycles. The van der Waals surface area contributed by atoms with Crippen LogP contribution in [0.2, 0.25) is 0 Å². The molecule has 0 radical (unpaired) electrons. The molecule has 6 nitrogen and oxygen atoms in total. The van der Waals surface area contributed by atoms with E-state index in [9.17, 15) is 4.79 Å². The minimum Gasteiger partial charge on any atom is -0.467 e. The zero-order chi connectivity index (χ0) is 13.0. The van der Waals surface area contributed by atoms with Gasteiger partial charge in [-0.1, -0.05) is 0 Å². The molecule has 1 rings (SSSR count). The summed E-state index contributed by atoms with van der Waals surface area (Å²) in [4.78, 5) is 11.3. The van der Waals surface area contributed by atoms with E-state index in [1.807, 2.05) is 6.07 Å². The van der Waals surface area contributed by atoms with E-state index in [0.29, 0.717) is 17.1 Å². The van der Waals surface area contributed by atoms with Crippen molar-refractivity contribution in [1.82, 2.24) is 10.2 Å². The van der Waals surface area contributed by atoms with Crippen LogP contribution < -0.4 is 5.32 Å². The van der Waals surface area contributed by atoms with Crippen LogP contribution in [0.1, 0.15) is 23.7 Å². The lowest BCUT2D eigenvalue weighted by Gasteiger charge is -2.13. The normalized spacial score (nSPS) is 11.5. The number of rotatable bonds is 3. The molecule has 17 heavy (non-hydrogen) atoms. The summed E-state index contributed by atoms with van der Waals surface area (Å²) in [5.41, 5.74) is 1.84. The van der Waals surface area contributed by atoms with Crippen molar-refractivity contribution >= 4 is 11.8 Å². The molecule has 0 aliphatic heterocycles. The lowest BCUT2D eigenvalue weighted by Crippen LogP contribution is -2.28. The molecule has 1 aromatic rings. The minimum absolute atomic E-state index is 0.300. The molecule has 0 saturated carbocycles. The second-order valence-corrected chi connectivity index (χ2v) is 3.64. The number of hydrogen-bond acceptors (Lipinski definition) is 6. The fraction of sp³-hybridized carbons (Fsp3) is 0.455. The van der Waals surface area contributed by atoms with Crippen LogP contribution in [0.25, 0.3) is 0 Å². The molecular weight excluding hydrogens is 220 g/mol. The van der Waals surface area contributed by atoms with Gasteiger partial charge in [-0.2, -0.15) is 10.4 Å². The Morgan fingerprint density at radius 2 is 2.12 bits per heavy atom. The fourth-order valence-corrected chi connectivity index (χ4v) is 1.29. The number of aromatic nitrogens is 2. The quantitative estimate of drug-likeness (QED) is 0.783. The molecule has 0 aromatic carbocycles. The van der Waals surface area contributed by atoms with Gasteiger partial charge in [0.2, 0.25) is 0 Å². The third kappa shape index (κ3) is 2.69. The summed E-state index contributed by atoms with van der Waals surface area (Å²) in [7, 11) is 1.30. The lowest BCUT2D eigenvalue weighted by molar-refractivity contribution is -0.141. The van der Waals surface area contributed by atoms with Crippen LogP contribution >= 0.6 is 0 Å². The van der Waals surface area contributed by atoms with Gasteiger partial charge in [0.15, 0.2) is 5.82 Å². The summed E-state index contributed by atoms with van der Waals surface area (Å²) in [6, 6.07) is 1.47. The number of hydrogen-bond donors (Lipinski definition) is 1. The molecule has 0 spiro atoms. The third-order valence-electron chi connectivity index (χ3n) is 2.47. The zero-order valence-electron chi connectivity index (χ0n) is 10.2. The van der Waals surface area contributed by atoms with Gasteiger partial charge in [0.05, 0.1) is 12.8 Å². The van der Waals surface area contributed by atoms with Gasteiger partial charge in [-0.05, 0) is 26.3 Å². The van der Waals surface area contributed by atoms with Crippen LogP contribution in [-0.4, -0.2) is 29.3 Å². The SMILES string of the molecule is COC(=O)C(C)Nc1nnc(C)c(C)c1C#N. The summed E-state index contributed by atoms with van der Waals surface area (Å²) in [5.74, 6) is -0.123. The number of carbonyl (C=O) groups is 1. The number of esters is 1. The number of nitrogens with zero attached hydrogens (tertiary/aromatic N) is 3. The summed E-state index contributed by atoms with van der Waals surface area (Å²) >= 11 is 0. The van der Waals surface area contributed by atoms with Gasteiger partial charge in [-0.15, -0.1) is 5.10 Å². The van der Waals surface area contributed by atoms with E-state index < -0.39 is 12.0 Å². The van der Waals surface area contributed by atoms with Gasteiger partial charge < -0.3 is 10.1 Å². The Hall–Kier alpha value is -2.16. The molecule has 1 unspecified atom stereocenters. The van der Waals surface area contributed by atoms with Gasteiger partial charge in [0, 0.05) is 0 Å². The highest BCUT2D eigenvalue weighted by Crippen LogP contribution is 2.17. The van der Waals surface area contributed by atoms with Crippen LogP contribution in [0.3, 0.4) is 0 Å². The van der Waals surface area contributed by atoms with Crippen molar-refractivity contribution in [2.75, 3.05) is 12.4 Å². The number of aryl methyl sites for hydroxylation is 1. The van der Waals surface area contributed by atoms with Crippen LogP contribution in [0.15, 0.2) is 0 Å². The summed E-state index contributed by atoms with van der Waals surface area (Å²) < 4.78 is 4.58. The Bertz CT molecular complexity index is 479. The first-order valence-corrected chi connectivity index (χ1v) is 5.09. The maximum atomic E-state index is 11.3. The Kier molecular flexibility index (Phi) is 3.99. The highest BCUT2D eigenvalue weighted by atomic mass is 16.5. The highest BCUT2D eigenvalue weighted by molar-refractivity contribution is 5.79. The van der Waals surface area contributed by atoms with Gasteiger partial charge in [0.25, 0.3) is 0 Å². The molecule has 0 aliphatic carbocycles. The fourth-order valence-electron chi connectivity index (χ4n) is 1.29. The van der Waals surface area contributed by atoms with Crippen molar-refractivity contribution in [3.63, 3.8) is 0 Å². The number of methoxy groups -OCH3 is 1. The van der Waals surface area contributed by atoms with Crippen molar-refractivity contribution < 1.29 is 9.53 Å². The topological polar surface area (TPSA) is 87.9 Å². The van der Waals surface area contributed by atoms with E-state index in [1.165, 1.54) is 7.11 Å². The summed E-state index contributed by atoms with van der Waals surface area (Å²) in [6.45, 7) is 5.19. The first kappa shape index (κ1) is 12.9. The Morgan fingerprint density at radius 3 is 2.65 bits per heavy atom. The molecular formula is C11H14N4O2. The van der Waals surface area contributed by atoms with Crippen molar-refractivity contribution in [1.29, 1.82) is 5.26 Å². The lowest BCUT2D eigenvalue weighted by atomic mass is 10.1. The largest absolute Gasteiger partial charge is 0.467 e. The smallest absolute Gasteiger partial charge is 0.328 e. The highest BCUT2D eigenvalue weighted by Gasteiger charge is 2.17. The van der Waals surface area contributed by atoms with Gasteiger partial charge in [-0.3, -0.25) is 0 Å². The molecule has 90 valence electrons. The monoisotopic (exact) mass is 234 g/mol. The number of nitrogens with one attached hydrogen (secondary N) is 1. The number of anilines is 1. The van der Waals surface area contributed by atoms with E-state index in [2.05, 4.69) is 20.3 Å². The molecule has 1 N–H and O–H groups in total. The molecule has 0 amide bonds. The summed E-state index contributed by atoms with van der Waals surface area (Å²) in [5, 5.41) is 19.7.